The summed E-state index contributed by atoms with van der Waals surface area (Å²) >= 11 is 0. The lowest BCUT2D eigenvalue weighted by molar-refractivity contribution is -0.0789. The van der Waals surface area contributed by atoms with Crippen LogP contribution in [0.5, 0.6) is 0 Å². The molecule has 0 bridgehead atoms. The number of nitrogens with one attached hydrogen (secondary N) is 1. The maximum atomic E-state index is 12.2. The van der Waals surface area contributed by atoms with Crippen LogP contribution in [0.15, 0.2) is 29.2 Å². The molecule has 1 aliphatic heterocycles. The molecule has 3 N–H and O–H groups in total. The summed E-state index contributed by atoms with van der Waals surface area (Å²) in [5, 5.41) is 0. The van der Waals surface area contributed by atoms with Crippen molar-refractivity contribution in [2.24, 2.45) is 5.73 Å². The molecule has 1 saturated heterocycles. The number of anilines is 1. The van der Waals surface area contributed by atoms with Crippen LogP contribution in [0.2, 0.25) is 0 Å². The van der Waals surface area contributed by atoms with Crippen molar-refractivity contribution in [2.45, 2.75) is 30.4 Å². The molecule has 2 rings (SSSR count). The molecule has 1 atom stereocenters. The maximum Gasteiger partial charge on any atom is 0.242 e. The second-order valence-corrected chi connectivity index (χ2v) is 7.65. The highest BCUT2D eigenvalue weighted by atomic mass is 32.2. The van der Waals surface area contributed by atoms with E-state index < -0.39 is 10.0 Å². The Labute approximate surface area is 126 Å². The van der Waals surface area contributed by atoms with E-state index in [1.54, 1.807) is 12.1 Å². The molecule has 0 saturated carbocycles. The molecule has 118 valence electrons. The smallest absolute Gasteiger partial charge is 0.242 e. The average molecular weight is 313 g/mol. The number of ether oxygens (including phenoxy) is 1. The number of sulfonamides is 1. The Kier molecular flexibility index (Phi) is 4.57. The normalized spacial score (nSPS) is 22.3. The van der Waals surface area contributed by atoms with E-state index in [1.165, 1.54) is 7.05 Å². The van der Waals surface area contributed by atoms with Crippen molar-refractivity contribution in [1.82, 2.24) is 4.72 Å². The maximum absolute atomic E-state index is 12.2. The minimum atomic E-state index is -3.50. The average Bonchev–Trinajstić information content (AvgIpc) is 2.45. The number of hydrogen-bond acceptors (Lipinski definition) is 5. The topological polar surface area (TPSA) is 84.7 Å². The highest BCUT2D eigenvalue weighted by molar-refractivity contribution is 7.89. The van der Waals surface area contributed by atoms with E-state index in [4.69, 9.17) is 10.5 Å². The molecule has 0 aliphatic carbocycles. The van der Waals surface area contributed by atoms with Crippen LogP contribution in [0, 0.1) is 0 Å². The van der Waals surface area contributed by atoms with E-state index in [0.29, 0.717) is 25.3 Å². The Bertz CT molecular complexity index is 601. The molecule has 0 spiro atoms. The summed E-state index contributed by atoms with van der Waals surface area (Å²) in [7, 11) is -2.09. The molecule has 0 aromatic heterocycles. The fourth-order valence-corrected chi connectivity index (χ4v) is 3.61. The SMILES string of the molecule is CNS(=O)(=O)c1ccccc1N1CC(CN)OC(C)(C)C1. The van der Waals surface area contributed by atoms with Gasteiger partial charge in [0, 0.05) is 19.6 Å². The number of hydrogen-bond donors (Lipinski definition) is 2. The summed E-state index contributed by atoms with van der Waals surface area (Å²) in [5.41, 5.74) is 6.04. The molecular formula is C14H23N3O3S. The minimum Gasteiger partial charge on any atom is -0.367 e. The molecule has 1 aliphatic rings. The van der Waals surface area contributed by atoms with Gasteiger partial charge in [-0.05, 0) is 33.0 Å². The lowest BCUT2D eigenvalue weighted by Gasteiger charge is -2.44. The summed E-state index contributed by atoms with van der Waals surface area (Å²) < 4.78 is 32.6. The number of nitrogens with zero attached hydrogens (tertiary/aromatic N) is 1. The molecule has 6 nitrogen and oxygen atoms in total. The summed E-state index contributed by atoms with van der Waals surface area (Å²) in [5.74, 6) is 0. The molecule has 1 unspecified atom stereocenters. The van der Waals surface area contributed by atoms with Crippen molar-refractivity contribution in [2.75, 3.05) is 31.6 Å². The monoisotopic (exact) mass is 313 g/mol. The van der Waals surface area contributed by atoms with Crippen LogP contribution in [-0.2, 0) is 14.8 Å². The van der Waals surface area contributed by atoms with Crippen LogP contribution < -0.4 is 15.4 Å². The van der Waals surface area contributed by atoms with E-state index in [-0.39, 0.29) is 16.6 Å². The summed E-state index contributed by atoms with van der Waals surface area (Å²) in [6.07, 6.45) is -0.112. The van der Waals surface area contributed by atoms with Crippen molar-refractivity contribution in [3.05, 3.63) is 24.3 Å². The van der Waals surface area contributed by atoms with Crippen molar-refractivity contribution < 1.29 is 13.2 Å². The van der Waals surface area contributed by atoms with Crippen LogP contribution in [0.3, 0.4) is 0 Å². The fourth-order valence-electron chi connectivity index (χ4n) is 2.66. The first-order chi connectivity index (χ1) is 9.79. The second kappa shape index (κ2) is 5.92. The van der Waals surface area contributed by atoms with Crippen LogP contribution in [-0.4, -0.2) is 46.8 Å². The van der Waals surface area contributed by atoms with E-state index in [2.05, 4.69) is 4.72 Å². The van der Waals surface area contributed by atoms with Crippen LogP contribution in [0.25, 0.3) is 0 Å². The number of morpholine rings is 1. The minimum absolute atomic E-state index is 0.112. The van der Waals surface area contributed by atoms with Gasteiger partial charge in [0.15, 0.2) is 0 Å². The van der Waals surface area contributed by atoms with Crippen molar-refractivity contribution in [3.8, 4) is 0 Å². The van der Waals surface area contributed by atoms with E-state index in [9.17, 15) is 8.42 Å². The zero-order valence-corrected chi connectivity index (χ0v) is 13.5. The summed E-state index contributed by atoms with van der Waals surface area (Å²) in [4.78, 5) is 2.31. The van der Waals surface area contributed by atoms with Gasteiger partial charge in [-0.2, -0.15) is 0 Å². The quantitative estimate of drug-likeness (QED) is 0.847. The third-order valence-electron chi connectivity index (χ3n) is 3.51. The fraction of sp³-hybridized carbons (Fsp3) is 0.571. The number of rotatable bonds is 4. The molecular weight excluding hydrogens is 290 g/mol. The largest absolute Gasteiger partial charge is 0.367 e. The summed E-state index contributed by atoms with van der Waals surface area (Å²) in [6, 6.07) is 6.99. The van der Waals surface area contributed by atoms with Gasteiger partial charge < -0.3 is 15.4 Å². The molecule has 1 fully saturated rings. The van der Waals surface area contributed by atoms with Gasteiger partial charge in [-0.15, -0.1) is 0 Å². The van der Waals surface area contributed by atoms with Gasteiger partial charge in [0.1, 0.15) is 4.90 Å². The molecule has 7 heteroatoms. The Hall–Kier alpha value is -1.15. The van der Waals surface area contributed by atoms with Gasteiger partial charge >= 0.3 is 0 Å². The molecule has 1 aromatic rings. The number of benzene rings is 1. The Balaban J connectivity index is 2.42. The van der Waals surface area contributed by atoms with Crippen molar-refractivity contribution >= 4 is 15.7 Å². The van der Waals surface area contributed by atoms with E-state index in [1.807, 2.05) is 30.9 Å². The van der Waals surface area contributed by atoms with Gasteiger partial charge in [0.05, 0.1) is 17.4 Å². The second-order valence-electron chi connectivity index (χ2n) is 5.79. The van der Waals surface area contributed by atoms with E-state index in [0.717, 1.165) is 0 Å². The van der Waals surface area contributed by atoms with Gasteiger partial charge in [0.25, 0.3) is 0 Å². The molecule has 0 amide bonds. The third kappa shape index (κ3) is 3.55. The highest BCUT2D eigenvalue weighted by Gasteiger charge is 2.34. The third-order valence-corrected chi connectivity index (χ3v) is 4.97. The van der Waals surface area contributed by atoms with Gasteiger partial charge in [0.2, 0.25) is 10.0 Å². The van der Waals surface area contributed by atoms with Crippen molar-refractivity contribution in [1.29, 1.82) is 0 Å². The first-order valence-corrected chi connectivity index (χ1v) is 8.43. The first kappa shape index (κ1) is 16.2. The predicted octanol–water partition coefficient (Wildman–Crippen LogP) is 0.537. The van der Waals surface area contributed by atoms with Crippen molar-refractivity contribution in [3.63, 3.8) is 0 Å². The molecule has 1 aromatic carbocycles. The van der Waals surface area contributed by atoms with Crippen LogP contribution in [0.4, 0.5) is 5.69 Å². The zero-order valence-electron chi connectivity index (χ0n) is 12.7. The molecule has 0 radical (unpaired) electrons. The van der Waals surface area contributed by atoms with Gasteiger partial charge in [-0.1, -0.05) is 12.1 Å². The standard InChI is InChI=1S/C14H23N3O3S/c1-14(2)10-17(9-11(8-15)20-14)12-6-4-5-7-13(12)21(18,19)16-3/h4-7,11,16H,8-10,15H2,1-3H3. The Morgan fingerprint density at radius 1 is 1.43 bits per heavy atom. The lowest BCUT2D eigenvalue weighted by Crippen LogP contribution is -2.55. The molecule has 1 heterocycles. The zero-order chi connectivity index (χ0) is 15.7. The predicted molar refractivity (Wildman–Crippen MR) is 82.9 cm³/mol. The highest BCUT2D eigenvalue weighted by Crippen LogP contribution is 2.30. The Morgan fingerprint density at radius 3 is 2.71 bits per heavy atom. The van der Waals surface area contributed by atoms with E-state index >= 15 is 0 Å². The Morgan fingerprint density at radius 2 is 2.10 bits per heavy atom. The van der Waals surface area contributed by atoms with Crippen LogP contribution >= 0.6 is 0 Å². The number of nitrogens with two attached hydrogens (primary N) is 1. The number of para-hydroxylation sites is 1. The summed E-state index contributed by atoms with van der Waals surface area (Å²) in [6.45, 7) is 5.56. The van der Waals surface area contributed by atoms with Gasteiger partial charge in [-0.25, -0.2) is 13.1 Å². The molecule has 21 heavy (non-hydrogen) atoms. The van der Waals surface area contributed by atoms with Crippen LogP contribution in [0.1, 0.15) is 13.8 Å². The lowest BCUT2D eigenvalue weighted by atomic mass is 10.0. The first-order valence-electron chi connectivity index (χ1n) is 6.94. The van der Waals surface area contributed by atoms with Gasteiger partial charge in [-0.3, -0.25) is 0 Å².